The lowest BCUT2D eigenvalue weighted by Gasteiger charge is -2.19. The van der Waals surface area contributed by atoms with Gasteiger partial charge in [-0.3, -0.25) is 0 Å². The first-order valence-corrected chi connectivity index (χ1v) is 10.3. The molecule has 1 aliphatic heterocycles. The van der Waals surface area contributed by atoms with Crippen LogP contribution in [0.15, 0.2) is 96.6 Å². The maximum absolute atomic E-state index is 7.86. The van der Waals surface area contributed by atoms with Crippen LogP contribution in [0.4, 0.5) is 5.69 Å². The molecule has 2 nitrogen and oxygen atoms in total. The number of nitrogens with zero attached hydrogens (tertiary/aromatic N) is 1. The Balaban J connectivity index is 1.62. The molecule has 1 heterocycles. The van der Waals surface area contributed by atoms with Gasteiger partial charge in [0.2, 0.25) is 0 Å². The fourth-order valence-corrected chi connectivity index (χ4v) is 4.30. The number of hydrogen-bond donors (Lipinski definition) is 1. The van der Waals surface area contributed by atoms with Crippen molar-refractivity contribution in [2.24, 2.45) is 0 Å². The van der Waals surface area contributed by atoms with Gasteiger partial charge in [0, 0.05) is 18.8 Å². The molecule has 3 aromatic carbocycles. The molecule has 2 heteroatoms. The number of nitrogens with one attached hydrogen (secondary N) is 1. The van der Waals surface area contributed by atoms with Crippen LogP contribution < -0.4 is 4.90 Å². The molecule has 1 saturated heterocycles. The third-order valence-electron chi connectivity index (χ3n) is 5.84. The number of benzene rings is 3. The smallest absolute Gasteiger partial charge is 0.0540 e. The first-order valence-electron chi connectivity index (χ1n) is 10.3. The molecule has 2 aliphatic rings. The summed E-state index contributed by atoms with van der Waals surface area (Å²) in [5.41, 5.74) is 6.62. The first-order chi connectivity index (χ1) is 14.3. The predicted octanol–water partition coefficient (Wildman–Crippen LogP) is 6.39. The van der Waals surface area contributed by atoms with Crippen molar-refractivity contribution in [3.8, 4) is 0 Å². The van der Waals surface area contributed by atoms with Crippen LogP contribution in [0.25, 0.3) is 16.3 Å². The quantitative estimate of drug-likeness (QED) is 0.563. The Hall–Kier alpha value is -3.39. The molecule has 1 N–H and O–H groups in total. The largest absolute Gasteiger partial charge is 0.372 e. The van der Waals surface area contributed by atoms with Crippen LogP contribution in [0.1, 0.15) is 24.0 Å². The summed E-state index contributed by atoms with van der Waals surface area (Å²) in [5.74, 6) is 0. The minimum Gasteiger partial charge on any atom is -0.372 e. The summed E-state index contributed by atoms with van der Waals surface area (Å²) in [6.07, 6.45) is 10.4. The van der Waals surface area contributed by atoms with Gasteiger partial charge in [-0.05, 0) is 76.2 Å². The van der Waals surface area contributed by atoms with Gasteiger partial charge in [-0.15, -0.1) is 0 Å². The van der Waals surface area contributed by atoms with Gasteiger partial charge < -0.3 is 10.3 Å². The summed E-state index contributed by atoms with van der Waals surface area (Å²) in [5, 5.41) is 10.4. The van der Waals surface area contributed by atoms with Crippen LogP contribution in [-0.4, -0.2) is 18.8 Å². The minimum absolute atomic E-state index is 0.538. The van der Waals surface area contributed by atoms with E-state index in [4.69, 9.17) is 5.41 Å². The Bertz CT molecular complexity index is 1140. The van der Waals surface area contributed by atoms with Crippen molar-refractivity contribution in [1.29, 1.82) is 5.41 Å². The lowest BCUT2D eigenvalue weighted by atomic mass is 9.89. The molecule has 29 heavy (non-hydrogen) atoms. The van der Waals surface area contributed by atoms with E-state index in [1.165, 1.54) is 46.0 Å². The SMILES string of the molecule is N=C1C=CC(=C(c2ccc(N3CCCC3)cc2)c2ccc3ccccc3c2)C=C1. The molecular weight excluding hydrogens is 352 g/mol. The van der Waals surface area contributed by atoms with E-state index in [0.717, 1.165) is 18.7 Å². The monoisotopic (exact) mass is 376 g/mol. The Morgan fingerprint density at radius 3 is 2.07 bits per heavy atom. The summed E-state index contributed by atoms with van der Waals surface area (Å²) in [6.45, 7) is 2.32. The highest BCUT2D eigenvalue weighted by atomic mass is 15.1. The normalized spacial score (nSPS) is 16.1. The van der Waals surface area contributed by atoms with E-state index in [1.807, 2.05) is 12.2 Å². The van der Waals surface area contributed by atoms with Gasteiger partial charge >= 0.3 is 0 Å². The van der Waals surface area contributed by atoms with Crippen LogP contribution in [0.2, 0.25) is 0 Å². The summed E-state index contributed by atoms with van der Waals surface area (Å²) in [7, 11) is 0. The van der Waals surface area contributed by atoms with Gasteiger partial charge in [0.05, 0.1) is 5.71 Å². The Morgan fingerprint density at radius 2 is 1.34 bits per heavy atom. The highest BCUT2D eigenvalue weighted by Crippen LogP contribution is 2.33. The second-order valence-corrected chi connectivity index (χ2v) is 7.76. The van der Waals surface area contributed by atoms with E-state index in [0.29, 0.717) is 5.71 Å². The highest BCUT2D eigenvalue weighted by Gasteiger charge is 2.15. The fourth-order valence-electron chi connectivity index (χ4n) is 4.30. The Morgan fingerprint density at radius 1 is 0.690 bits per heavy atom. The molecule has 0 spiro atoms. The standard InChI is InChI=1S/C27H24N2/c28-25-13-9-21(10-14-25)27(24-8-7-20-5-1-2-6-23(20)19-24)22-11-15-26(16-12-22)29-17-3-4-18-29/h1-2,5-16,19,28H,3-4,17-18H2. The number of anilines is 1. The molecule has 142 valence electrons. The highest BCUT2D eigenvalue weighted by molar-refractivity contribution is 6.05. The van der Waals surface area contributed by atoms with E-state index in [1.54, 1.807) is 0 Å². The predicted molar refractivity (Wildman–Crippen MR) is 124 cm³/mol. The van der Waals surface area contributed by atoms with Crippen LogP contribution in [0.5, 0.6) is 0 Å². The molecule has 0 amide bonds. The lowest BCUT2D eigenvalue weighted by molar-refractivity contribution is 0.949. The lowest BCUT2D eigenvalue weighted by Crippen LogP contribution is -2.17. The van der Waals surface area contributed by atoms with Gasteiger partial charge in [-0.1, -0.05) is 60.7 Å². The third-order valence-corrected chi connectivity index (χ3v) is 5.84. The van der Waals surface area contributed by atoms with Crippen LogP contribution in [-0.2, 0) is 0 Å². The maximum atomic E-state index is 7.86. The number of fused-ring (bicyclic) bond motifs is 1. The van der Waals surface area contributed by atoms with Gasteiger partial charge in [0.25, 0.3) is 0 Å². The zero-order chi connectivity index (χ0) is 19.6. The molecule has 0 bridgehead atoms. The van der Waals surface area contributed by atoms with Crippen molar-refractivity contribution in [3.63, 3.8) is 0 Å². The van der Waals surface area contributed by atoms with Crippen molar-refractivity contribution in [2.45, 2.75) is 12.8 Å². The van der Waals surface area contributed by atoms with Crippen molar-refractivity contribution in [1.82, 2.24) is 0 Å². The summed E-state index contributed by atoms with van der Waals surface area (Å²) >= 11 is 0. The molecule has 1 fully saturated rings. The van der Waals surface area contributed by atoms with Gasteiger partial charge in [-0.25, -0.2) is 0 Å². The topological polar surface area (TPSA) is 27.1 Å². The number of hydrogen-bond acceptors (Lipinski definition) is 2. The van der Waals surface area contributed by atoms with Crippen molar-refractivity contribution >= 4 is 27.7 Å². The van der Waals surface area contributed by atoms with E-state index >= 15 is 0 Å². The second kappa shape index (κ2) is 7.56. The molecule has 0 aromatic heterocycles. The molecule has 5 rings (SSSR count). The zero-order valence-corrected chi connectivity index (χ0v) is 16.4. The molecule has 0 radical (unpaired) electrons. The fraction of sp³-hybridized carbons (Fsp3) is 0.148. The maximum Gasteiger partial charge on any atom is 0.0540 e. The number of rotatable bonds is 3. The van der Waals surface area contributed by atoms with E-state index < -0.39 is 0 Å². The molecule has 3 aromatic rings. The van der Waals surface area contributed by atoms with Crippen LogP contribution in [0, 0.1) is 5.41 Å². The molecule has 1 aliphatic carbocycles. The molecule has 0 saturated carbocycles. The average molecular weight is 377 g/mol. The van der Waals surface area contributed by atoms with Gasteiger partial charge in [0.1, 0.15) is 0 Å². The van der Waals surface area contributed by atoms with Gasteiger partial charge in [-0.2, -0.15) is 0 Å². The summed E-state index contributed by atoms with van der Waals surface area (Å²) < 4.78 is 0. The van der Waals surface area contributed by atoms with Gasteiger partial charge in [0.15, 0.2) is 0 Å². The molecule has 0 atom stereocenters. The average Bonchev–Trinajstić information content (AvgIpc) is 3.31. The first kappa shape index (κ1) is 17.7. The van der Waals surface area contributed by atoms with Crippen molar-refractivity contribution in [3.05, 3.63) is 108 Å². The summed E-state index contributed by atoms with van der Waals surface area (Å²) in [6, 6.07) is 24.2. The number of allylic oxidation sites excluding steroid dienone is 5. The second-order valence-electron chi connectivity index (χ2n) is 7.76. The molecule has 0 unspecified atom stereocenters. The van der Waals surface area contributed by atoms with Crippen LogP contribution in [0.3, 0.4) is 0 Å². The summed E-state index contributed by atoms with van der Waals surface area (Å²) in [4.78, 5) is 2.47. The minimum atomic E-state index is 0.538. The third kappa shape index (κ3) is 3.54. The Kier molecular flexibility index (Phi) is 4.61. The van der Waals surface area contributed by atoms with E-state index in [-0.39, 0.29) is 0 Å². The van der Waals surface area contributed by atoms with E-state index in [2.05, 4.69) is 83.8 Å². The van der Waals surface area contributed by atoms with Crippen molar-refractivity contribution < 1.29 is 0 Å². The molecular formula is C27H24N2. The Labute approximate surface area is 172 Å². The van der Waals surface area contributed by atoms with Crippen molar-refractivity contribution in [2.75, 3.05) is 18.0 Å². The zero-order valence-electron chi connectivity index (χ0n) is 16.4. The van der Waals surface area contributed by atoms with E-state index in [9.17, 15) is 0 Å². The van der Waals surface area contributed by atoms with Crippen LogP contribution >= 0.6 is 0 Å².